The molecular formula is C14H18O. The molecule has 15 heavy (non-hydrogen) atoms. The van der Waals surface area contributed by atoms with E-state index in [9.17, 15) is 0 Å². The van der Waals surface area contributed by atoms with Gasteiger partial charge in [0.25, 0.3) is 0 Å². The van der Waals surface area contributed by atoms with Crippen molar-refractivity contribution in [2.24, 2.45) is 0 Å². The van der Waals surface area contributed by atoms with Crippen LogP contribution in [-0.4, -0.2) is 6.61 Å². The maximum atomic E-state index is 5.50. The van der Waals surface area contributed by atoms with Crippen molar-refractivity contribution in [3.63, 3.8) is 0 Å². The van der Waals surface area contributed by atoms with Gasteiger partial charge in [-0.15, -0.1) is 0 Å². The molecule has 0 amide bonds. The first-order chi connectivity index (χ1) is 7.25. The molecule has 0 aliphatic heterocycles. The van der Waals surface area contributed by atoms with Crippen molar-refractivity contribution in [1.82, 2.24) is 0 Å². The van der Waals surface area contributed by atoms with Crippen LogP contribution in [0.25, 0.3) is 5.57 Å². The fraction of sp³-hybridized carbons (Fsp3) is 0.286. The van der Waals surface area contributed by atoms with Crippen LogP contribution in [0.3, 0.4) is 0 Å². The van der Waals surface area contributed by atoms with E-state index in [4.69, 9.17) is 4.74 Å². The predicted octanol–water partition coefficient (Wildman–Crippen LogP) is 4.03. The fourth-order valence-electron chi connectivity index (χ4n) is 1.23. The summed E-state index contributed by atoms with van der Waals surface area (Å²) < 4.78 is 5.50. The number of allylic oxidation sites excluding steroid dienone is 1. The van der Waals surface area contributed by atoms with Crippen LogP contribution >= 0.6 is 0 Å². The molecule has 0 aliphatic rings. The summed E-state index contributed by atoms with van der Waals surface area (Å²) in [6, 6.07) is 9.98. The topological polar surface area (TPSA) is 9.23 Å². The summed E-state index contributed by atoms with van der Waals surface area (Å²) in [5.41, 5.74) is 1.94. The lowest BCUT2D eigenvalue weighted by Crippen LogP contribution is -1.95. The summed E-state index contributed by atoms with van der Waals surface area (Å²) in [7, 11) is 0. The fourth-order valence-corrected chi connectivity index (χ4v) is 1.23. The average Bonchev–Trinajstić information content (AvgIpc) is 2.29. The van der Waals surface area contributed by atoms with Crippen LogP contribution in [0.2, 0.25) is 0 Å². The Bertz CT molecular complexity index is 324. The van der Waals surface area contributed by atoms with Gasteiger partial charge in [-0.3, -0.25) is 0 Å². The molecule has 0 radical (unpaired) electrons. The highest BCUT2D eigenvalue weighted by atomic mass is 16.5. The van der Waals surface area contributed by atoms with Gasteiger partial charge in [0.05, 0.1) is 6.61 Å². The Hall–Kier alpha value is -1.50. The molecule has 0 bridgehead atoms. The maximum Gasteiger partial charge on any atom is 0.119 e. The van der Waals surface area contributed by atoms with E-state index in [0.29, 0.717) is 5.76 Å². The van der Waals surface area contributed by atoms with Crippen LogP contribution in [0.1, 0.15) is 25.3 Å². The summed E-state index contributed by atoms with van der Waals surface area (Å²) >= 11 is 0. The second-order valence-corrected chi connectivity index (χ2v) is 3.47. The minimum Gasteiger partial charge on any atom is -0.494 e. The lowest BCUT2D eigenvalue weighted by Gasteiger charge is -2.11. The zero-order valence-electron chi connectivity index (χ0n) is 9.33. The first-order valence-corrected chi connectivity index (χ1v) is 5.32. The molecule has 80 valence electrons. The summed E-state index contributed by atoms with van der Waals surface area (Å²) in [6.45, 7) is 10.7. The van der Waals surface area contributed by atoms with Crippen molar-refractivity contribution >= 4 is 5.57 Å². The molecule has 1 rings (SSSR count). The highest BCUT2D eigenvalue weighted by Crippen LogP contribution is 2.20. The zero-order chi connectivity index (χ0) is 11.1. The summed E-state index contributed by atoms with van der Waals surface area (Å²) in [5.74, 6) is 0.676. The average molecular weight is 202 g/mol. The third-order valence-corrected chi connectivity index (χ3v) is 2.23. The van der Waals surface area contributed by atoms with Crippen LogP contribution in [0.5, 0.6) is 0 Å². The Labute approximate surface area is 92.1 Å². The normalized spacial score (nSPS) is 9.67. The third kappa shape index (κ3) is 3.62. The molecule has 0 saturated heterocycles. The number of ether oxygens (including phenoxy) is 1. The number of rotatable bonds is 6. The Morgan fingerprint density at radius 1 is 1.20 bits per heavy atom. The molecule has 0 aliphatic carbocycles. The third-order valence-electron chi connectivity index (χ3n) is 2.23. The molecule has 0 heterocycles. The maximum absolute atomic E-state index is 5.50. The Morgan fingerprint density at radius 2 is 1.87 bits per heavy atom. The van der Waals surface area contributed by atoms with Crippen molar-refractivity contribution in [1.29, 1.82) is 0 Å². The second-order valence-electron chi connectivity index (χ2n) is 3.47. The number of hydrogen-bond acceptors (Lipinski definition) is 1. The SMILES string of the molecule is C=C(OCCCC)C(=C)c1ccccc1. The lowest BCUT2D eigenvalue weighted by atomic mass is 10.1. The quantitative estimate of drug-likeness (QED) is 0.384. The molecule has 1 nitrogen and oxygen atoms in total. The van der Waals surface area contributed by atoms with Crippen molar-refractivity contribution in [2.75, 3.05) is 6.61 Å². The smallest absolute Gasteiger partial charge is 0.119 e. The van der Waals surface area contributed by atoms with Gasteiger partial charge in [-0.25, -0.2) is 0 Å². The largest absolute Gasteiger partial charge is 0.494 e. The first kappa shape index (κ1) is 11.6. The van der Waals surface area contributed by atoms with Gasteiger partial charge < -0.3 is 4.74 Å². The minimum absolute atomic E-state index is 0.676. The molecule has 1 aromatic rings. The van der Waals surface area contributed by atoms with E-state index in [-0.39, 0.29) is 0 Å². The Morgan fingerprint density at radius 3 is 2.47 bits per heavy atom. The second kappa shape index (κ2) is 6.07. The Balaban J connectivity index is 2.50. The van der Waals surface area contributed by atoms with Gasteiger partial charge >= 0.3 is 0 Å². The molecule has 0 aromatic heterocycles. The summed E-state index contributed by atoms with van der Waals surface area (Å²) in [6.07, 6.45) is 2.19. The van der Waals surface area contributed by atoms with Crippen LogP contribution in [-0.2, 0) is 4.74 Å². The van der Waals surface area contributed by atoms with Crippen molar-refractivity contribution in [2.45, 2.75) is 19.8 Å². The molecular weight excluding hydrogens is 184 g/mol. The van der Waals surface area contributed by atoms with Crippen molar-refractivity contribution in [3.05, 3.63) is 54.8 Å². The molecule has 1 heteroatoms. The monoisotopic (exact) mass is 202 g/mol. The summed E-state index contributed by atoms with van der Waals surface area (Å²) in [4.78, 5) is 0. The predicted molar refractivity (Wildman–Crippen MR) is 65.5 cm³/mol. The van der Waals surface area contributed by atoms with E-state index in [0.717, 1.165) is 30.6 Å². The standard InChI is InChI=1S/C14H18O/c1-4-5-11-15-13(3)12(2)14-9-7-6-8-10-14/h6-10H,2-5,11H2,1H3. The van der Waals surface area contributed by atoms with Gasteiger partial charge in [-0.1, -0.05) is 56.8 Å². The van der Waals surface area contributed by atoms with Crippen LogP contribution in [0.15, 0.2) is 49.2 Å². The number of hydrogen-bond donors (Lipinski definition) is 0. The van der Waals surface area contributed by atoms with E-state index in [1.807, 2.05) is 30.3 Å². The summed E-state index contributed by atoms with van der Waals surface area (Å²) in [5, 5.41) is 0. The lowest BCUT2D eigenvalue weighted by molar-refractivity contribution is 0.224. The Kier molecular flexibility index (Phi) is 4.69. The molecule has 0 fully saturated rings. The van der Waals surface area contributed by atoms with Crippen molar-refractivity contribution < 1.29 is 4.74 Å². The van der Waals surface area contributed by atoms with E-state index in [1.54, 1.807) is 0 Å². The van der Waals surface area contributed by atoms with Gasteiger partial charge in [0.2, 0.25) is 0 Å². The number of benzene rings is 1. The van der Waals surface area contributed by atoms with E-state index < -0.39 is 0 Å². The van der Waals surface area contributed by atoms with Crippen LogP contribution < -0.4 is 0 Å². The molecule has 1 aromatic carbocycles. The van der Waals surface area contributed by atoms with Gasteiger partial charge in [0, 0.05) is 5.57 Å². The zero-order valence-corrected chi connectivity index (χ0v) is 9.33. The van der Waals surface area contributed by atoms with Crippen LogP contribution in [0, 0.1) is 0 Å². The highest BCUT2D eigenvalue weighted by Gasteiger charge is 2.03. The van der Waals surface area contributed by atoms with Gasteiger partial charge in [0.15, 0.2) is 0 Å². The van der Waals surface area contributed by atoms with Gasteiger partial charge in [-0.05, 0) is 12.0 Å². The van der Waals surface area contributed by atoms with Gasteiger partial charge in [-0.2, -0.15) is 0 Å². The molecule has 0 N–H and O–H groups in total. The van der Waals surface area contributed by atoms with E-state index >= 15 is 0 Å². The van der Waals surface area contributed by atoms with Gasteiger partial charge in [0.1, 0.15) is 5.76 Å². The molecule has 0 unspecified atom stereocenters. The molecule has 0 spiro atoms. The molecule has 0 saturated carbocycles. The van der Waals surface area contributed by atoms with E-state index in [2.05, 4.69) is 20.1 Å². The number of unbranched alkanes of at least 4 members (excludes halogenated alkanes) is 1. The first-order valence-electron chi connectivity index (χ1n) is 5.32. The highest BCUT2D eigenvalue weighted by molar-refractivity contribution is 5.74. The van der Waals surface area contributed by atoms with Crippen molar-refractivity contribution in [3.8, 4) is 0 Å². The van der Waals surface area contributed by atoms with E-state index in [1.165, 1.54) is 0 Å². The molecule has 0 atom stereocenters. The minimum atomic E-state index is 0.676. The van der Waals surface area contributed by atoms with Crippen LogP contribution in [0.4, 0.5) is 0 Å².